The fourth-order valence-corrected chi connectivity index (χ4v) is 3.88. The van der Waals surface area contributed by atoms with E-state index in [1.165, 1.54) is 23.9 Å². The maximum Gasteiger partial charge on any atom is 0.251 e. The second-order valence-electron chi connectivity index (χ2n) is 6.90. The Morgan fingerprint density at radius 3 is 2.42 bits per heavy atom. The van der Waals surface area contributed by atoms with Crippen LogP contribution >= 0.6 is 11.8 Å². The van der Waals surface area contributed by atoms with Crippen LogP contribution in [0, 0.1) is 12.7 Å². The highest BCUT2D eigenvalue weighted by atomic mass is 32.2. The van der Waals surface area contributed by atoms with Gasteiger partial charge < -0.3 is 5.32 Å². The van der Waals surface area contributed by atoms with Crippen LogP contribution in [-0.4, -0.2) is 25.7 Å². The molecule has 2 aromatic heterocycles. The minimum Gasteiger partial charge on any atom is -0.345 e. The number of carbonyl (C=O) groups excluding carboxylic acids is 1. The molecule has 0 spiro atoms. The number of hydrogen-bond acceptors (Lipinski definition) is 5. The summed E-state index contributed by atoms with van der Waals surface area (Å²) in [6.07, 6.45) is 3.49. The molecule has 0 fully saturated rings. The van der Waals surface area contributed by atoms with Crippen molar-refractivity contribution in [3.8, 4) is 5.69 Å². The molecule has 0 saturated carbocycles. The van der Waals surface area contributed by atoms with Crippen molar-refractivity contribution in [2.24, 2.45) is 0 Å². The highest BCUT2D eigenvalue weighted by Gasteiger charge is 2.16. The monoisotopic (exact) mass is 433 g/mol. The first-order valence-corrected chi connectivity index (χ1v) is 10.7. The van der Waals surface area contributed by atoms with Crippen LogP contribution < -0.4 is 5.32 Å². The summed E-state index contributed by atoms with van der Waals surface area (Å²) in [6.45, 7) is 2.16. The molecule has 0 saturated heterocycles. The smallest absolute Gasteiger partial charge is 0.251 e. The zero-order valence-corrected chi connectivity index (χ0v) is 17.6. The average Bonchev–Trinajstić information content (AvgIpc) is 3.20. The van der Waals surface area contributed by atoms with Crippen LogP contribution in [0.2, 0.25) is 0 Å². The summed E-state index contributed by atoms with van der Waals surface area (Å²) in [5.74, 6) is 0.721. The molecular formula is C23H20FN5OS. The van der Waals surface area contributed by atoms with Crippen molar-refractivity contribution >= 4 is 17.7 Å². The zero-order chi connectivity index (χ0) is 21.6. The highest BCUT2D eigenvalue weighted by Crippen LogP contribution is 2.25. The van der Waals surface area contributed by atoms with Gasteiger partial charge in [-0.1, -0.05) is 29.5 Å². The van der Waals surface area contributed by atoms with E-state index in [-0.39, 0.29) is 18.3 Å². The number of aromatic nitrogens is 4. The van der Waals surface area contributed by atoms with Gasteiger partial charge in [0.2, 0.25) is 0 Å². The topological polar surface area (TPSA) is 72.7 Å². The highest BCUT2D eigenvalue weighted by molar-refractivity contribution is 7.98. The van der Waals surface area contributed by atoms with Crippen LogP contribution in [0.15, 0.2) is 78.2 Å². The van der Waals surface area contributed by atoms with E-state index in [4.69, 9.17) is 0 Å². The maximum atomic E-state index is 13.5. The zero-order valence-electron chi connectivity index (χ0n) is 16.8. The molecule has 1 amide bonds. The molecule has 2 heterocycles. The second kappa shape index (κ2) is 9.53. The molecular weight excluding hydrogens is 413 g/mol. The SMILES string of the molecule is Cc1ccc(C(=O)NCc2nnc(SCc3ccncc3)n2-c2ccc(F)cc2)cc1. The quantitative estimate of drug-likeness (QED) is 0.439. The standard InChI is InChI=1S/C23H20FN5OS/c1-16-2-4-18(5-3-16)22(30)26-14-21-27-28-23(31-15-17-10-12-25-13-11-17)29(21)20-8-6-19(24)7-9-20/h2-13H,14-15H2,1H3,(H,26,30). The number of pyridine rings is 1. The fraction of sp³-hybridized carbons (Fsp3) is 0.130. The Hall–Kier alpha value is -3.52. The molecule has 156 valence electrons. The summed E-state index contributed by atoms with van der Waals surface area (Å²) in [4.78, 5) is 16.5. The number of hydrogen-bond donors (Lipinski definition) is 1. The van der Waals surface area contributed by atoms with Gasteiger partial charge in [0, 0.05) is 29.4 Å². The van der Waals surface area contributed by atoms with E-state index < -0.39 is 0 Å². The number of amides is 1. The predicted molar refractivity (Wildman–Crippen MR) is 117 cm³/mol. The van der Waals surface area contributed by atoms with E-state index in [9.17, 15) is 9.18 Å². The normalized spacial score (nSPS) is 10.8. The largest absolute Gasteiger partial charge is 0.345 e. The third-order valence-electron chi connectivity index (χ3n) is 4.62. The molecule has 0 bridgehead atoms. The molecule has 8 heteroatoms. The first-order chi connectivity index (χ1) is 15.1. The van der Waals surface area contributed by atoms with Crippen LogP contribution in [0.3, 0.4) is 0 Å². The summed E-state index contributed by atoms with van der Waals surface area (Å²) in [7, 11) is 0. The van der Waals surface area contributed by atoms with Crippen molar-refractivity contribution in [3.63, 3.8) is 0 Å². The molecule has 4 rings (SSSR count). The van der Waals surface area contributed by atoms with E-state index in [1.54, 1.807) is 36.7 Å². The molecule has 1 N–H and O–H groups in total. The molecule has 31 heavy (non-hydrogen) atoms. The maximum absolute atomic E-state index is 13.5. The second-order valence-corrected chi connectivity index (χ2v) is 7.85. The Balaban J connectivity index is 1.56. The summed E-state index contributed by atoms with van der Waals surface area (Å²) < 4.78 is 15.3. The van der Waals surface area contributed by atoms with Gasteiger partial charge in [-0.2, -0.15) is 0 Å². The molecule has 2 aromatic carbocycles. The molecule has 4 aromatic rings. The van der Waals surface area contributed by atoms with Gasteiger partial charge in [-0.25, -0.2) is 4.39 Å². The minimum absolute atomic E-state index is 0.187. The lowest BCUT2D eigenvalue weighted by Gasteiger charge is -2.11. The number of halogens is 1. The predicted octanol–water partition coefficient (Wildman–Crippen LogP) is 4.33. The first kappa shape index (κ1) is 20.7. The number of benzene rings is 2. The van der Waals surface area contributed by atoms with Gasteiger partial charge in [-0.05, 0) is 61.0 Å². The average molecular weight is 434 g/mol. The van der Waals surface area contributed by atoms with Crippen LogP contribution in [0.25, 0.3) is 5.69 Å². The van der Waals surface area contributed by atoms with E-state index in [2.05, 4.69) is 20.5 Å². The summed E-state index contributed by atoms with van der Waals surface area (Å²) >= 11 is 1.51. The Morgan fingerprint density at radius 1 is 1.00 bits per heavy atom. The van der Waals surface area contributed by atoms with Crippen LogP contribution in [0.4, 0.5) is 4.39 Å². The van der Waals surface area contributed by atoms with Crippen LogP contribution in [-0.2, 0) is 12.3 Å². The van der Waals surface area contributed by atoms with Crippen LogP contribution in [0.5, 0.6) is 0 Å². The lowest BCUT2D eigenvalue weighted by molar-refractivity contribution is 0.0949. The van der Waals surface area contributed by atoms with Gasteiger partial charge in [0.25, 0.3) is 5.91 Å². The number of nitrogens with one attached hydrogen (secondary N) is 1. The number of carbonyl (C=O) groups is 1. The third kappa shape index (κ3) is 5.16. The summed E-state index contributed by atoms with van der Waals surface area (Å²) in [6, 6.07) is 17.3. The number of thioether (sulfide) groups is 1. The molecule has 0 aliphatic heterocycles. The molecule has 0 aliphatic carbocycles. The number of aryl methyl sites for hydroxylation is 1. The van der Waals surface area contributed by atoms with Crippen molar-refractivity contribution < 1.29 is 9.18 Å². The van der Waals surface area contributed by atoms with E-state index in [1.807, 2.05) is 35.8 Å². The van der Waals surface area contributed by atoms with Crippen LogP contribution in [0.1, 0.15) is 27.3 Å². The van der Waals surface area contributed by atoms with Gasteiger partial charge in [-0.15, -0.1) is 10.2 Å². The third-order valence-corrected chi connectivity index (χ3v) is 5.62. The van der Waals surface area contributed by atoms with Crippen molar-refractivity contribution in [2.75, 3.05) is 0 Å². The molecule has 6 nitrogen and oxygen atoms in total. The van der Waals surface area contributed by atoms with Crippen molar-refractivity contribution in [2.45, 2.75) is 24.4 Å². The summed E-state index contributed by atoms with van der Waals surface area (Å²) in [5.41, 5.74) is 3.49. The Morgan fingerprint density at radius 2 is 1.71 bits per heavy atom. The number of nitrogens with zero attached hydrogens (tertiary/aromatic N) is 4. The van der Waals surface area contributed by atoms with Gasteiger partial charge in [0.1, 0.15) is 5.82 Å². The van der Waals surface area contributed by atoms with Gasteiger partial charge >= 0.3 is 0 Å². The molecule has 0 radical (unpaired) electrons. The summed E-state index contributed by atoms with van der Waals surface area (Å²) in [5, 5.41) is 12.1. The van der Waals surface area contributed by atoms with E-state index in [0.717, 1.165) is 16.8 Å². The Kier molecular flexibility index (Phi) is 6.37. The van der Waals surface area contributed by atoms with Crippen molar-refractivity contribution in [1.82, 2.24) is 25.1 Å². The first-order valence-electron chi connectivity index (χ1n) is 9.67. The van der Waals surface area contributed by atoms with Crippen molar-refractivity contribution in [3.05, 3.63) is 101 Å². The fourth-order valence-electron chi connectivity index (χ4n) is 2.95. The van der Waals surface area contributed by atoms with Gasteiger partial charge in [0.15, 0.2) is 11.0 Å². The molecule has 0 aliphatic rings. The Bertz CT molecular complexity index is 1160. The van der Waals surface area contributed by atoms with Gasteiger partial charge in [-0.3, -0.25) is 14.3 Å². The lowest BCUT2D eigenvalue weighted by Crippen LogP contribution is -2.24. The van der Waals surface area contributed by atoms with E-state index >= 15 is 0 Å². The lowest BCUT2D eigenvalue weighted by atomic mass is 10.1. The number of rotatable bonds is 7. The molecule has 0 atom stereocenters. The van der Waals surface area contributed by atoms with E-state index in [0.29, 0.717) is 22.3 Å². The minimum atomic E-state index is -0.322. The Labute approximate surface area is 183 Å². The van der Waals surface area contributed by atoms with Gasteiger partial charge in [0.05, 0.1) is 6.54 Å². The molecule has 0 unspecified atom stereocenters. The van der Waals surface area contributed by atoms with Crippen molar-refractivity contribution in [1.29, 1.82) is 0 Å².